The van der Waals surface area contributed by atoms with Crippen LogP contribution in [0.25, 0.3) is 0 Å². The molecule has 98 valence electrons. The van der Waals surface area contributed by atoms with Gasteiger partial charge in [-0.3, -0.25) is 4.90 Å². The molecule has 1 rings (SSSR count). The Hall–Kier alpha value is -0.380. The minimum Gasteiger partial charge on any atom is -0.329 e. The van der Waals surface area contributed by atoms with Crippen molar-refractivity contribution in [1.82, 2.24) is 4.90 Å². The van der Waals surface area contributed by atoms with Crippen LogP contribution < -0.4 is 5.73 Å². The van der Waals surface area contributed by atoms with Gasteiger partial charge in [0, 0.05) is 22.3 Å². The highest BCUT2D eigenvalue weighted by Gasteiger charge is 2.22. The van der Waals surface area contributed by atoms with Gasteiger partial charge in [0.05, 0.1) is 6.04 Å². The van der Waals surface area contributed by atoms with E-state index in [9.17, 15) is 0 Å². The second-order valence-electron chi connectivity index (χ2n) is 5.96. The third-order valence-corrected chi connectivity index (χ3v) is 4.84. The zero-order valence-electron chi connectivity index (χ0n) is 11.9. The Morgan fingerprint density at radius 2 is 1.88 bits per heavy atom. The van der Waals surface area contributed by atoms with Crippen LogP contribution in [0.5, 0.6) is 0 Å². The zero-order chi connectivity index (χ0) is 13.2. The van der Waals surface area contributed by atoms with E-state index in [0.29, 0.717) is 18.6 Å². The number of thiophene rings is 1. The number of hydrogen-bond acceptors (Lipinski definition) is 3. The van der Waals surface area contributed by atoms with E-state index in [1.54, 1.807) is 0 Å². The summed E-state index contributed by atoms with van der Waals surface area (Å²) in [5.74, 6) is 0. The molecular weight excluding hydrogens is 228 g/mol. The minimum atomic E-state index is 0.235. The van der Waals surface area contributed by atoms with Gasteiger partial charge in [-0.2, -0.15) is 0 Å². The average molecular weight is 254 g/mol. The van der Waals surface area contributed by atoms with Crippen LogP contribution in [0, 0.1) is 0 Å². The molecule has 0 aliphatic rings. The summed E-state index contributed by atoms with van der Waals surface area (Å²) in [6.07, 6.45) is 0. The lowest BCUT2D eigenvalue weighted by Crippen LogP contribution is -2.34. The van der Waals surface area contributed by atoms with Crippen molar-refractivity contribution < 1.29 is 0 Å². The van der Waals surface area contributed by atoms with Crippen molar-refractivity contribution in [2.75, 3.05) is 13.6 Å². The maximum atomic E-state index is 5.93. The molecule has 0 saturated heterocycles. The van der Waals surface area contributed by atoms with Crippen molar-refractivity contribution >= 4 is 11.3 Å². The second kappa shape index (κ2) is 5.51. The maximum Gasteiger partial charge on any atom is 0.0564 e. The normalized spacial score (nSPS) is 14.6. The van der Waals surface area contributed by atoms with Gasteiger partial charge in [-0.25, -0.2) is 0 Å². The van der Waals surface area contributed by atoms with Crippen LogP contribution in [-0.2, 0) is 5.41 Å². The second-order valence-corrected chi connectivity index (χ2v) is 7.08. The number of nitrogens with two attached hydrogens (primary N) is 1. The Balaban J connectivity index is 2.94. The van der Waals surface area contributed by atoms with Crippen molar-refractivity contribution in [3.63, 3.8) is 0 Å². The van der Waals surface area contributed by atoms with Crippen molar-refractivity contribution in [3.8, 4) is 0 Å². The first-order chi connectivity index (χ1) is 7.77. The highest BCUT2D eigenvalue weighted by Crippen LogP contribution is 2.34. The molecule has 17 heavy (non-hydrogen) atoms. The lowest BCUT2D eigenvalue weighted by atomic mass is 9.95. The van der Waals surface area contributed by atoms with Crippen LogP contribution in [-0.4, -0.2) is 24.5 Å². The van der Waals surface area contributed by atoms with E-state index in [0.717, 1.165) is 0 Å². The van der Waals surface area contributed by atoms with E-state index in [1.165, 1.54) is 9.75 Å². The highest BCUT2D eigenvalue weighted by molar-refractivity contribution is 7.12. The molecule has 0 aromatic carbocycles. The summed E-state index contributed by atoms with van der Waals surface area (Å²) in [7, 11) is 2.15. The molecule has 0 radical (unpaired) electrons. The summed E-state index contributed by atoms with van der Waals surface area (Å²) in [6.45, 7) is 11.9. The fraction of sp³-hybridized carbons (Fsp3) is 0.714. The molecule has 1 atom stereocenters. The third kappa shape index (κ3) is 3.54. The van der Waals surface area contributed by atoms with Crippen LogP contribution in [0.3, 0.4) is 0 Å². The van der Waals surface area contributed by atoms with Gasteiger partial charge < -0.3 is 5.73 Å². The monoisotopic (exact) mass is 254 g/mol. The molecule has 0 amide bonds. The third-order valence-electron chi connectivity index (χ3n) is 3.22. The van der Waals surface area contributed by atoms with Crippen molar-refractivity contribution in [3.05, 3.63) is 21.9 Å². The molecular formula is C14H26N2S. The zero-order valence-corrected chi connectivity index (χ0v) is 12.8. The largest absolute Gasteiger partial charge is 0.329 e. The summed E-state index contributed by atoms with van der Waals surface area (Å²) in [5, 5.41) is 0. The van der Waals surface area contributed by atoms with E-state index in [1.807, 2.05) is 11.3 Å². The molecule has 2 N–H and O–H groups in total. The van der Waals surface area contributed by atoms with Crippen LogP contribution in [0.4, 0.5) is 0 Å². The first-order valence-corrected chi connectivity index (χ1v) is 7.11. The minimum absolute atomic E-state index is 0.235. The molecule has 1 heterocycles. The van der Waals surface area contributed by atoms with Crippen LogP contribution in [0.15, 0.2) is 12.1 Å². The van der Waals surface area contributed by atoms with Gasteiger partial charge in [-0.15, -0.1) is 11.3 Å². The summed E-state index contributed by atoms with van der Waals surface area (Å²) >= 11 is 1.90. The topological polar surface area (TPSA) is 29.3 Å². The first kappa shape index (κ1) is 14.7. The maximum absolute atomic E-state index is 5.93. The smallest absolute Gasteiger partial charge is 0.0564 e. The van der Waals surface area contributed by atoms with E-state index in [-0.39, 0.29) is 5.41 Å². The predicted octanol–water partition coefficient (Wildman–Crippen LogP) is 3.39. The molecule has 0 bridgehead atoms. The summed E-state index contributed by atoms with van der Waals surface area (Å²) in [6, 6.07) is 5.35. The summed E-state index contributed by atoms with van der Waals surface area (Å²) < 4.78 is 0. The number of likely N-dealkylation sites (N-methyl/N-ethyl adjacent to an activating group) is 1. The van der Waals surface area contributed by atoms with E-state index in [2.05, 4.69) is 58.7 Å². The van der Waals surface area contributed by atoms with Gasteiger partial charge >= 0.3 is 0 Å². The van der Waals surface area contributed by atoms with Gasteiger partial charge in [0.25, 0.3) is 0 Å². The van der Waals surface area contributed by atoms with E-state index >= 15 is 0 Å². The number of hydrogen-bond donors (Lipinski definition) is 1. The quantitative estimate of drug-likeness (QED) is 0.892. The molecule has 0 fully saturated rings. The van der Waals surface area contributed by atoms with Gasteiger partial charge in [0.1, 0.15) is 0 Å². The Bertz CT molecular complexity index is 349. The summed E-state index contributed by atoms with van der Waals surface area (Å²) in [4.78, 5) is 5.16. The lowest BCUT2D eigenvalue weighted by molar-refractivity contribution is 0.204. The van der Waals surface area contributed by atoms with Gasteiger partial charge in [-0.05, 0) is 38.4 Å². The van der Waals surface area contributed by atoms with Crippen LogP contribution in [0.1, 0.15) is 50.4 Å². The molecule has 0 saturated carbocycles. The van der Waals surface area contributed by atoms with E-state index in [4.69, 9.17) is 5.73 Å². The van der Waals surface area contributed by atoms with Crippen LogP contribution in [0.2, 0.25) is 0 Å². The van der Waals surface area contributed by atoms with Crippen molar-refractivity contribution in [1.29, 1.82) is 0 Å². The van der Waals surface area contributed by atoms with Crippen LogP contribution >= 0.6 is 11.3 Å². The molecule has 0 aliphatic carbocycles. The molecule has 3 heteroatoms. The standard InChI is InChI=1S/C14H26N2S/c1-10(2)16(6)11(9-15)12-7-8-13(17-12)14(3,4)5/h7-8,10-11H,9,15H2,1-6H3. The molecule has 0 spiro atoms. The Kier molecular flexibility index (Phi) is 4.76. The number of rotatable bonds is 4. The number of nitrogens with zero attached hydrogens (tertiary/aromatic N) is 1. The van der Waals surface area contributed by atoms with Crippen molar-refractivity contribution in [2.24, 2.45) is 5.73 Å². The van der Waals surface area contributed by atoms with Crippen molar-refractivity contribution in [2.45, 2.75) is 52.1 Å². The average Bonchev–Trinajstić information content (AvgIpc) is 2.67. The highest BCUT2D eigenvalue weighted by atomic mass is 32.1. The van der Waals surface area contributed by atoms with Gasteiger partial charge in [-0.1, -0.05) is 20.8 Å². The lowest BCUT2D eigenvalue weighted by Gasteiger charge is -2.29. The van der Waals surface area contributed by atoms with Gasteiger partial charge in [0.2, 0.25) is 0 Å². The SMILES string of the molecule is CC(C)N(C)C(CN)c1ccc(C(C)(C)C)s1. The molecule has 1 aromatic heterocycles. The predicted molar refractivity (Wildman–Crippen MR) is 77.7 cm³/mol. The Morgan fingerprint density at radius 3 is 2.24 bits per heavy atom. The summed E-state index contributed by atoms with van der Waals surface area (Å²) in [5.41, 5.74) is 6.16. The fourth-order valence-corrected chi connectivity index (χ4v) is 3.01. The Labute approximate surface area is 110 Å². The van der Waals surface area contributed by atoms with Gasteiger partial charge in [0.15, 0.2) is 0 Å². The molecule has 2 nitrogen and oxygen atoms in total. The first-order valence-electron chi connectivity index (χ1n) is 6.29. The molecule has 0 aliphatic heterocycles. The van der Waals surface area contributed by atoms with E-state index < -0.39 is 0 Å². The molecule has 1 unspecified atom stereocenters. The molecule has 1 aromatic rings. The Morgan fingerprint density at radius 1 is 1.29 bits per heavy atom. The fourth-order valence-electron chi connectivity index (χ4n) is 1.78.